The number of fused-ring (bicyclic) bond motifs is 1. The summed E-state index contributed by atoms with van der Waals surface area (Å²) in [4.78, 5) is 27.4. The lowest BCUT2D eigenvalue weighted by atomic mass is 10.0. The highest BCUT2D eigenvalue weighted by molar-refractivity contribution is 6.21. The van der Waals surface area contributed by atoms with E-state index in [1.165, 1.54) is 191 Å². The molecule has 0 N–H and O–H groups in total. The van der Waals surface area contributed by atoms with Gasteiger partial charge in [-0.2, -0.15) is 0 Å². The molecule has 52 heavy (non-hydrogen) atoms. The molecule has 5 nitrogen and oxygen atoms in total. The van der Waals surface area contributed by atoms with E-state index in [0.29, 0.717) is 30.9 Å². The lowest BCUT2D eigenvalue weighted by Gasteiger charge is -2.23. The molecule has 0 aromatic heterocycles. The number of hydrogen-bond acceptors (Lipinski definition) is 4. The molecule has 0 fully saturated rings. The normalized spacial score (nSPS) is 13.4. The van der Waals surface area contributed by atoms with Crippen LogP contribution in [0.2, 0.25) is 0 Å². The molecular formula is C47H83NO4. The van der Waals surface area contributed by atoms with Crippen molar-refractivity contribution in [2.45, 2.75) is 225 Å². The van der Waals surface area contributed by atoms with E-state index in [4.69, 9.17) is 9.47 Å². The Kier molecular flexibility index (Phi) is 30.2. The van der Waals surface area contributed by atoms with Crippen LogP contribution < -0.4 is 0 Å². The summed E-state index contributed by atoms with van der Waals surface area (Å²) >= 11 is 0. The maximum atomic E-state index is 13.0. The fourth-order valence-corrected chi connectivity index (χ4v) is 7.63. The van der Waals surface area contributed by atoms with Crippen molar-refractivity contribution in [3.63, 3.8) is 0 Å². The van der Waals surface area contributed by atoms with Crippen LogP contribution in [-0.2, 0) is 9.47 Å². The first-order valence-corrected chi connectivity index (χ1v) is 22.8. The summed E-state index contributed by atoms with van der Waals surface area (Å²) < 4.78 is 12.4. The average molecular weight is 726 g/mol. The molecule has 2 rings (SSSR count). The Morgan fingerprint density at radius 1 is 0.442 bits per heavy atom. The predicted octanol–water partition coefficient (Wildman–Crippen LogP) is 14.2. The van der Waals surface area contributed by atoms with Gasteiger partial charge in [0.1, 0.15) is 0 Å². The van der Waals surface area contributed by atoms with Crippen LogP contribution in [-0.4, -0.2) is 49.2 Å². The maximum Gasteiger partial charge on any atom is 0.261 e. The second kappa shape index (κ2) is 33.8. The first kappa shape index (κ1) is 46.4. The number of imide groups is 1. The van der Waals surface area contributed by atoms with Gasteiger partial charge in [-0.25, -0.2) is 0 Å². The highest BCUT2D eigenvalue weighted by atomic mass is 16.5. The third-order valence-electron chi connectivity index (χ3n) is 11.1. The van der Waals surface area contributed by atoms with Crippen molar-refractivity contribution in [1.82, 2.24) is 4.90 Å². The Hall–Kier alpha value is -1.72. The van der Waals surface area contributed by atoms with E-state index < -0.39 is 0 Å². The molecule has 1 atom stereocenters. The molecule has 1 aliphatic heterocycles. The first-order valence-electron chi connectivity index (χ1n) is 22.8. The van der Waals surface area contributed by atoms with Crippen molar-refractivity contribution >= 4 is 11.8 Å². The van der Waals surface area contributed by atoms with Gasteiger partial charge in [0.2, 0.25) is 0 Å². The van der Waals surface area contributed by atoms with E-state index in [-0.39, 0.29) is 24.5 Å². The summed E-state index contributed by atoms with van der Waals surface area (Å²) in [7, 11) is 0. The Morgan fingerprint density at radius 3 is 1.10 bits per heavy atom. The number of unbranched alkanes of at least 4 members (excludes halogenated alkanes) is 30. The molecule has 0 spiro atoms. The van der Waals surface area contributed by atoms with Crippen molar-refractivity contribution in [2.24, 2.45) is 0 Å². The Morgan fingerprint density at radius 2 is 0.750 bits per heavy atom. The molecular weight excluding hydrogens is 643 g/mol. The van der Waals surface area contributed by atoms with Crippen LogP contribution in [0.25, 0.3) is 0 Å². The number of benzene rings is 1. The summed E-state index contributed by atoms with van der Waals surface area (Å²) in [6.45, 7) is 6.61. The second-order valence-corrected chi connectivity index (χ2v) is 15.9. The number of rotatable bonds is 39. The maximum absolute atomic E-state index is 13.0. The van der Waals surface area contributed by atoms with E-state index >= 15 is 0 Å². The lowest BCUT2D eigenvalue weighted by Crippen LogP contribution is -2.40. The van der Waals surface area contributed by atoms with E-state index in [0.717, 1.165) is 19.3 Å². The second-order valence-electron chi connectivity index (χ2n) is 15.9. The van der Waals surface area contributed by atoms with Crippen LogP contribution in [0.1, 0.15) is 240 Å². The third-order valence-corrected chi connectivity index (χ3v) is 11.1. The van der Waals surface area contributed by atoms with E-state index in [2.05, 4.69) is 13.8 Å². The van der Waals surface area contributed by atoms with E-state index in [1.54, 1.807) is 12.1 Å². The zero-order valence-electron chi connectivity index (χ0n) is 34.4. The topological polar surface area (TPSA) is 55.8 Å². The number of carbonyl (C=O) groups excluding carboxylic acids is 2. The minimum Gasteiger partial charge on any atom is -0.379 e. The van der Waals surface area contributed by atoms with Crippen molar-refractivity contribution in [1.29, 1.82) is 0 Å². The van der Waals surface area contributed by atoms with Crippen molar-refractivity contribution in [3.8, 4) is 0 Å². The summed E-state index contributed by atoms with van der Waals surface area (Å²) in [6, 6.07) is 7.13. The highest BCUT2D eigenvalue weighted by Gasteiger charge is 2.36. The van der Waals surface area contributed by atoms with Crippen LogP contribution in [0, 0.1) is 0 Å². The molecule has 0 radical (unpaired) electrons. The smallest absolute Gasteiger partial charge is 0.261 e. The van der Waals surface area contributed by atoms with Gasteiger partial charge in [-0.3, -0.25) is 14.5 Å². The van der Waals surface area contributed by atoms with Crippen molar-refractivity contribution in [3.05, 3.63) is 35.4 Å². The SMILES string of the molecule is CCCCCCCCCCCCCCCCCCOCC(CN1C(=O)c2ccccc2C1=O)OCCCCCCCCCCCCCCCCCC. The van der Waals surface area contributed by atoms with Gasteiger partial charge in [0.15, 0.2) is 0 Å². The molecule has 1 unspecified atom stereocenters. The molecule has 1 aromatic rings. The minimum absolute atomic E-state index is 0.214. The minimum atomic E-state index is -0.292. The van der Waals surface area contributed by atoms with Crippen LogP contribution >= 0.6 is 0 Å². The van der Waals surface area contributed by atoms with Gasteiger partial charge < -0.3 is 9.47 Å². The first-order chi connectivity index (χ1) is 25.7. The van der Waals surface area contributed by atoms with Crippen LogP contribution in [0.3, 0.4) is 0 Å². The molecule has 300 valence electrons. The fraction of sp³-hybridized carbons (Fsp3) is 0.830. The van der Waals surface area contributed by atoms with Crippen LogP contribution in [0.4, 0.5) is 0 Å². The van der Waals surface area contributed by atoms with Gasteiger partial charge in [0, 0.05) is 13.2 Å². The summed E-state index contributed by atoms with van der Waals surface area (Å²) in [5.74, 6) is -0.427. The highest BCUT2D eigenvalue weighted by Crippen LogP contribution is 2.23. The zero-order chi connectivity index (χ0) is 37.2. The monoisotopic (exact) mass is 726 g/mol. The zero-order valence-corrected chi connectivity index (χ0v) is 34.4. The van der Waals surface area contributed by atoms with Crippen LogP contribution in [0.5, 0.6) is 0 Å². The lowest BCUT2D eigenvalue weighted by molar-refractivity contribution is -0.0286. The van der Waals surface area contributed by atoms with Gasteiger partial charge in [0.05, 0.1) is 30.4 Å². The Bertz CT molecular complexity index is 945. The standard InChI is InChI=1S/C47H83NO4/c1-3-5-7-9-11-13-15-17-19-21-23-25-27-29-31-35-39-51-42-43(41-48-46(49)44-37-33-34-38-45(44)47(48)50)52-40-36-32-30-28-26-24-22-20-18-16-14-12-10-8-6-4-2/h33-34,37-38,43H,3-32,35-36,39-42H2,1-2H3. The van der Waals surface area contributed by atoms with Gasteiger partial charge in [0.25, 0.3) is 11.8 Å². The molecule has 0 saturated heterocycles. The van der Waals surface area contributed by atoms with Crippen molar-refractivity contribution in [2.75, 3.05) is 26.4 Å². The predicted molar refractivity (Wildman–Crippen MR) is 221 cm³/mol. The third kappa shape index (κ3) is 23.1. The van der Waals surface area contributed by atoms with Gasteiger partial charge in [-0.05, 0) is 25.0 Å². The van der Waals surface area contributed by atoms with Crippen LogP contribution in [0.15, 0.2) is 24.3 Å². The fourth-order valence-electron chi connectivity index (χ4n) is 7.63. The van der Waals surface area contributed by atoms with E-state index in [9.17, 15) is 9.59 Å². The summed E-state index contributed by atoms with van der Waals surface area (Å²) in [5, 5.41) is 0. The van der Waals surface area contributed by atoms with Gasteiger partial charge in [-0.15, -0.1) is 0 Å². The number of nitrogens with zero attached hydrogens (tertiary/aromatic N) is 1. The number of carbonyl (C=O) groups is 2. The molecule has 5 heteroatoms. The molecule has 0 saturated carbocycles. The quantitative estimate of drug-likeness (QED) is 0.0501. The molecule has 1 aliphatic rings. The average Bonchev–Trinajstić information content (AvgIpc) is 3.40. The van der Waals surface area contributed by atoms with Gasteiger partial charge in [-0.1, -0.05) is 219 Å². The number of amides is 2. The molecule has 1 heterocycles. The summed E-state index contributed by atoms with van der Waals surface area (Å²) in [5.41, 5.74) is 0.997. The summed E-state index contributed by atoms with van der Waals surface area (Å²) in [6.07, 6.45) is 42.9. The van der Waals surface area contributed by atoms with Gasteiger partial charge >= 0.3 is 0 Å². The number of hydrogen-bond donors (Lipinski definition) is 0. The largest absolute Gasteiger partial charge is 0.379 e. The molecule has 0 bridgehead atoms. The Labute approximate surface area is 322 Å². The Balaban J connectivity index is 1.52. The molecule has 2 amide bonds. The molecule has 0 aliphatic carbocycles. The molecule has 1 aromatic carbocycles. The number of ether oxygens (including phenoxy) is 2. The van der Waals surface area contributed by atoms with E-state index in [1.807, 2.05) is 12.1 Å². The van der Waals surface area contributed by atoms with Crippen molar-refractivity contribution < 1.29 is 19.1 Å².